The zero-order chi connectivity index (χ0) is 14.9. The van der Waals surface area contributed by atoms with Gasteiger partial charge >= 0.3 is 0 Å². The highest BCUT2D eigenvalue weighted by Gasteiger charge is 2.35. The molecule has 0 radical (unpaired) electrons. The average molecular weight is 327 g/mol. The number of rotatable bonds is 3. The summed E-state index contributed by atoms with van der Waals surface area (Å²) in [6, 6.07) is 5.94. The number of carboxylic acids is 1. The van der Waals surface area contributed by atoms with Gasteiger partial charge in [0.2, 0.25) is 0 Å². The fraction of sp³-hybridized carbons (Fsp3) is 0.154. The molecule has 0 bridgehead atoms. The standard InChI is InChI=1S/C13H10ClNO3S2/c1-7(12(17)18)15-11(16)10(20-13(15)19)6-8-4-2-3-5-9(8)14/h2-7H,1H3,(H,17,18)/p-1. The summed E-state index contributed by atoms with van der Waals surface area (Å²) in [6.45, 7) is 1.36. The minimum Gasteiger partial charge on any atom is -0.548 e. The molecule has 1 aromatic carbocycles. The molecule has 0 spiro atoms. The highest BCUT2D eigenvalue weighted by Crippen LogP contribution is 2.34. The number of thiocarbonyl (C=S) groups is 1. The number of nitrogens with zero attached hydrogens (tertiary/aromatic N) is 1. The largest absolute Gasteiger partial charge is 0.548 e. The van der Waals surface area contributed by atoms with E-state index in [1.807, 2.05) is 0 Å². The first-order chi connectivity index (χ1) is 9.41. The molecule has 0 N–H and O–H groups in total. The Labute approximate surface area is 130 Å². The fourth-order valence-electron chi connectivity index (χ4n) is 1.65. The van der Waals surface area contributed by atoms with E-state index in [0.29, 0.717) is 15.5 Å². The van der Waals surface area contributed by atoms with E-state index >= 15 is 0 Å². The third kappa shape index (κ3) is 2.87. The van der Waals surface area contributed by atoms with Crippen LogP contribution in [0.15, 0.2) is 29.2 Å². The van der Waals surface area contributed by atoms with Gasteiger partial charge in [0.1, 0.15) is 4.32 Å². The minimum atomic E-state index is -1.35. The van der Waals surface area contributed by atoms with Crippen molar-refractivity contribution in [3.8, 4) is 0 Å². The summed E-state index contributed by atoms with van der Waals surface area (Å²) in [5.41, 5.74) is 0.677. The van der Waals surface area contributed by atoms with E-state index in [0.717, 1.165) is 16.7 Å². The van der Waals surface area contributed by atoms with Gasteiger partial charge in [-0.05, 0) is 24.6 Å². The number of halogens is 1. The van der Waals surface area contributed by atoms with Crippen LogP contribution in [0.5, 0.6) is 0 Å². The number of carboxylic acid groups (broad SMARTS) is 1. The van der Waals surface area contributed by atoms with Gasteiger partial charge in [0.25, 0.3) is 5.91 Å². The average Bonchev–Trinajstić information content (AvgIpc) is 2.66. The zero-order valence-electron chi connectivity index (χ0n) is 10.3. The maximum absolute atomic E-state index is 12.2. The van der Waals surface area contributed by atoms with Crippen molar-refractivity contribution in [1.29, 1.82) is 0 Å². The Morgan fingerprint density at radius 2 is 2.15 bits per heavy atom. The lowest BCUT2D eigenvalue weighted by Crippen LogP contribution is -2.48. The molecule has 1 aromatic rings. The van der Waals surface area contributed by atoms with E-state index < -0.39 is 17.9 Å². The summed E-state index contributed by atoms with van der Waals surface area (Å²) >= 11 is 12.1. The second-order valence-electron chi connectivity index (χ2n) is 4.07. The van der Waals surface area contributed by atoms with Gasteiger partial charge in [0, 0.05) is 5.02 Å². The van der Waals surface area contributed by atoms with Crippen molar-refractivity contribution in [3.05, 3.63) is 39.8 Å². The highest BCUT2D eigenvalue weighted by molar-refractivity contribution is 8.26. The summed E-state index contributed by atoms with van der Waals surface area (Å²) in [5, 5.41) is 11.4. The molecule has 1 amide bonds. The van der Waals surface area contributed by atoms with Crippen LogP contribution in [0.1, 0.15) is 12.5 Å². The van der Waals surface area contributed by atoms with E-state index in [4.69, 9.17) is 23.8 Å². The van der Waals surface area contributed by atoms with Gasteiger partial charge in [0.05, 0.1) is 16.9 Å². The Kier molecular flexibility index (Phi) is 4.47. The van der Waals surface area contributed by atoms with Crippen LogP contribution in [0.2, 0.25) is 5.02 Å². The highest BCUT2D eigenvalue weighted by atomic mass is 35.5. The molecule has 2 rings (SSSR count). The SMILES string of the molecule is CC(C(=O)[O-])N1C(=O)C(=Cc2ccccc2Cl)SC1=S. The van der Waals surface area contributed by atoms with E-state index in [9.17, 15) is 14.7 Å². The van der Waals surface area contributed by atoms with Gasteiger partial charge in [-0.25, -0.2) is 0 Å². The van der Waals surface area contributed by atoms with Crippen molar-refractivity contribution >= 4 is 57.9 Å². The number of carbonyl (C=O) groups is 2. The molecule has 1 unspecified atom stereocenters. The minimum absolute atomic E-state index is 0.199. The first kappa shape index (κ1) is 15.0. The molecule has 1 aliphatic rings. The van der Waals surface area contributed by atoms with Crippen molar-refractivity contribution in [2.24, 2.45) is 0 Å². The van der Waals surface area contributed by atoms with Crippen LogP contribution in [0.3, 0.4) is 0 Å². The number of amides is 1. The maximum atomic E-state index is 12.2. The van der Waals surface area contributed by atoms with E-state index in [1.54, 1.807) is 30.3 Å². The maximum Gasteiger partial charge on any atom is 0.266 e. The van der Waals surface area contributed by atoms with E-state index in [1.165, 1.54) is 6.92 Å². The summed E-state index contributed by atoms with van der Waals surface area (Å²) in [7, 11) is 0. The summed E-state index contributed by atoms with van der Waals surface area (Å²) in [5.74, 6) is -1.79. The van der Waals surface area contributed by atoms with Gasteiger partial charge in [-0.15, -0.1) is 0 Å². The lowest BCUT2D eigenvalue weighted by molar-refractivity contribution is -0.309. The molecule has 1 atom stereocenters. The molecule has 0 aliphatic carbocycles. The Morgan fingerprint density at radius 1 is 1.50 bits per heavy atom. The number of carbonyl (C=O) groups excluding carboxylic acids is 2. The van der Waals surface area contributed by atoms with Crippen molar-refractivity contribution in [1.82, 2.24) is 4.90 Å². The predicted octanol–water partition coefficient (Wildman–Crippen LogP) is 1.68. The Morgan fingerprint density at radius 3 is 2.75 bits per heavy atom. The number of hydrogen-bond acceptors (Lipinski definition) is 5. The first-order valence-corrected chi connectivity index (χ1v) is 7.24. The number of hydrogen-bond donors (Lipinski definition) is 0. The number of benzene rings is 1. The third-order valence-corrected chi connectivity index (χ3v) is 4.42. The Bertz CT molecular complexity index is 630. The topological polar surface area (TPSA) is 60.4 Å². The van der Waals surface area contributed by atoms with Crippen molar-refractivity contribution in [3.63, 3.8) is 0 Å². The lowest BCUT2D eigenvalue weighted by atomic mass is 10.2. The quantitative estimate of drug-likeness (QED) is 0.625. The predicted molar refractivity (Wildman–Crippen MR) is 80.9 cm³/mol. The third-order valence-electron chi connectivity index (χ3n) is 2.74. The van der Waals surface area contributed by atoms with Gasteiger partial charge in [-0.2, -0.15) is 0 Å². The van der Waals surface area contributed by atoms with Crippen molar-refractivity contribution in [2.75, 3.05) is 0 Å². The zero-order valence-corrected chi connectivity index (χ0v) is 12.7. The smallest absolute Gasteiger partial charge is 0.266 e. The first-order valence-electron chi connectivity index (χ1n) is 5.64. The monoisotopic (exact) mass is 326 g/mol. The summed E-state index contributed by atoms with van der Waals surface area (Å²) in [6.07, 6.45) is 1.60. The molecule has 4 nitrogen and oxygen atoms in total. The van der Waals surface area contributed by atoms with Crippen LogP contribution in [-0.2, 0) is 9.59 Å². The molecular weight excluding hydrogens is 318 g/mol. The van der Waals surface area contributed by atoms with Crippen LogP contribution in [-0.4, -0.2) is 27.1 Å². The number of aliphatic carboxylic acids is 1. The second kappa shape index (κ2) is 5.95. The van der Waals surface area contributed by atoms with Crippen LogP contribution in [0, 0.1) is 0 Å². The molecule has 1 fully saturated rings. The molecule has 0 aromatic heterocycles. The molecule has 104 valence electrons. The Balaban J connectivity index is 2.33. The van der Waals surface area contributed by atoms with Crippen molar-refractivity contribution < 1.29 is 14.7 Å². The van der Waals surface area contributed by atoms with E-state index in [-0.39, 0.29) is 4.32 Å². The van der Waals surface area contributed by atoms with Gasteiger partial charge in [-0.1, -0.05) is 53.8 Å². The molecule has 20 heavy (non-hydrogen) atoms. The summed E-state index contributed by atoms with van der Waals surface area (Å²) in [4.78, 5) is 24.5. The molecular formula is C13H9ClNO3S2-. The molecule has 1 heterocycles. The second-order valence-corrected chi connectivity index (χ2v) is 6.15. The number of thioether (sulfide) groups is 1. The normalized spacial score (nSPS) is 18.7. The summed E-state index contributed by atoms with van der Waals surface area (Å²) < 4.78 is 0.199. The fourth-order valence-corrected chi connectivity index (χ4v) is 3.25. The van der Waals surface area contributed by atoms with Crippen LogP contribution in [0.4, 0.5) is 0 Å². The lowest BCUT2D eigenvalue weighted by Gasteiger charge is -2.23. The van der Waals surface area contributed by atoms with Crippen LogP contribution < -0.4 is 5.11 Å². The van der Waals surface area contributed by atoms with Crippen LogP contribution >= 0.6 is 35.6 Å². The van der Waals surface area contributed by atoms with Gasteiger partial charge in [-0.3, -0.25) is 9.69 Å². The van der Waals surface area contributed by atoms with Gasteiger partial charge < -0.3 is 9.90 Å². The van der Waals surface area contributed by atoms with Crippen LogP contribution in [0.25, 0.3) is 6.08 Å². The molecule has 0 saturated carbocycles. The van der Waals surface area contributed by atoms with E-state index in [2.05, 4.69) is 0 Å². The molecule has 1 saturated heterocycles. The molecule has 1 aliphatic heterocycles. The van der Waals surface area contributed by atoms with Gasteiger partial charge in [0.15, 0.2) is 0 Å². The van der Waals surface area contributed by atoms with Crippen molar-refractivity contribution in [2.45, 2.75) is 13.0 Å². The molecule has 7 heteroatoms. The Hall–Kier alpha value is -1.37.